The van der Waals surface area contributed by atoms with Gasteiger partial charge in [-0.15, -0.1) is 0 Å². The van der Waals surface area contributed by atoms with E-state index in [9.17, 15) is 4.79 Å². The van der Waals surface area contributed by atoms with Gasteiger partial charge in [0.25, 0.3) is 5.91 Å². The molecule has 7 heteroatoms. The molecule has 0 aliphatic heterocycles. The standard InChI is InChI=1S/C26H32N4O3/c1-4-18-16(14-28-17-9-5-6-10-17)8-7-11-21(18)30-25-19-12-23(32-2)24(33-3)13-22(19)29-15-20(25)26(27)31/h7-8,11-13,15,17,28H,4-6,9-10,14H2,1-3H3,(H2,27,31)(H,29,30). The second kappa shape index (κ2) is 10.1. The summed E-state index contributed by atoms with van der Waals surface area (Å²) in [6, 6.07) is 10.5. The van der Waals surface area contributed by atoms with Crippen LogP contribution in [0.5, 0.6) is 11.5 Å². The summed E-state index contributed by atoms with van der Waals surface area (Å²) in [5.74, 6) is 0.588. The summed E-state index contributed by atoms with van der Waals surface area (Å²) in [7, 11) is 3.16. The first-order valence-corrected chi connectivity index (χ1v) is 11.5. The van der Waals surface area contributed by atoms with Crippen molar-refractivity contribution in [2.75, 3.05) is 19.5 Å². The first-order chi connectivity index (χ1) is 16.0. The third kappa shape index (κ3) is 4.73. The Morgan fingerprint density at radius 1 is 1.15 bits per heavy atom. The van der Waals surface area contributed by atoms with E-state index < -0.39 is 5.91 Å². The Hall–Kier alpha value is -3.32. The third-order valence-electron chi connectivity index (χ3n) is 6.46. The number of ether oxygens (including phenoxy) is 2. The Morgan fingerprint density at radius 3 is 2.55 bits per heavy atom. The van der Waals surface area contributed by atoms with E-state index in [1.54, 1.807) is 20.3 Å². The van der Waals surface area contributed by atoms with Gasteiger partial charge in [-0.2, -0.15) is 0 Å². The van der Waals surface area contributed by atoms with E-state index in [1.807, 2.05) is 18.2 Å². The van der Waals surface area contributed by atoms with E-state index in [4.69, 9.17) is 15.2 Å². The number of pyridine rings is 1. The van der Waals surface area contributed by atoms with Crippen molar-refractivity contribution in [2.45, 2.75) is 51.6 Å². The molecule has 0 bridgehead atoms. The summed E-state index contributed by atoms with van der Waals surface area (Å²) >= 11 is 0. The normalized spacial score (nSPS) is 13.9. The van der Waals surface area contributed by atoms with Gasteiger partial charge in [0.1, 0.15) is 0 Å². The summed E-state index contributed by atoms with van der Waals surface area (Å²) in [6.07, 6.45) is 7.47. The highest BCUT2D eigenvalue weighted by Crippen LogP contribution is 2.38. The SMILES string of the molecule is CCc1c(CNC2CCCC2)cccc1Nc1c(C(N)=O)cnc2cc(OC)c(OC)cc12. The maximum Gasteiger partial charge on any atom is 0.252 e. The molecule has 4 rings (SSSR count). The van der Waals surface area contributed by atoms with Crippen molar-refractivity contribution < 1.29 is 14.3 Å². The summed E-state index contributed by atoms with van der Waals surface area (Å²) in [5.41, 5.74) is 10.8. The highest BCUT2D eigenvalue weighted by molar-refractivity contribution is 6.08. The van der Waals surface area contributed by atoms with Crippen molar-refractivity contribution in [3.05, 3.63) is 53.2 Å². The molecule has 1 aliphatic carbocycles. The number of nitrogens with one attached hydrogen (secondary N) is 2. The van der Waals surface area contributed by atoms with Crippen LogP contribution in [0.25, 0.3) is 10.9 Å². The Labute approximate surface area is 194 Å². The predicted octanol–water partition coefficient (Wildman–Crippen LogP) is 4.69. The molecule has 0 spiro atoms. The first kappa shape index (κ1) is 22.9. The number of hydrogen-bond acceptors (Lipinski definition) is 6. The van der Waals surface area contributed by atoms with Gasteiger partial charge in [-0.3, -0.25) is 9.78 Å². The van der Waals surface area contributed by atoms with Gasteiger partial charge >= 0.3 is 0 Å². The largest absolute Gasteiger partial charge is 0.493 e. The molecule has 0 saturated heterocycles. The van der Waals surface area contributed by atoms with Gasteiger partial charge < -0.3 is 25.8 Å². The Balaban J connectivity index is 1.76. The molecule has 0 atom stereocenters. The van der Waals surface area contributed by atoms with Crippen molar-refractivity contribution in [1.82, 2.24) is 10.3 Å². The van der Waals surface area contributed by atoms with Crippen molar-refractivity contribution in [1.29, 1.82) is 0 Å². The lowest BCUT2D eigenvalue weighted by Crippen LogP contribution is -2.25. The Kier molecular flexibility index (Phi) is 6.99. The second-order valence-corrected chi connectivity index (χ2v) is 8.42. The molecule has 1 amide bonds. The van der Waals surface area contributed by atoms with Crippen LogP contribution in [0.4, 0.5) is 11.4 Å². The number of anilines is 2. The fourth-order valence-electron chi connectivity index (χ4n) is 4.69. The number of nitrogens with zero attached hydrogens (tertiary/aromatic N) is 1. The lowest BCUT2D eigenvalue weighted by molar-refractivity contribution is 0.100. The van der Waals surface area contributed by atoms with E-state index in [2.05, 4.69) is 28.6 Å². The molecule has 1 aliphatic rings. The maximum atomic E-state index is 12.3. The van der Waals surface area contributed by atoms with Crippen LogP contribution in [0.2, 0.25) is 0 Å². The molecule has 33 heavy (non-hydrogen) atoms. The van der Waals surface area contributed by atoms with Gasteiger partial charge in [-0.1, -0.05) is 31.9 Å². The van der Waals surface area contributed by atoms with Gasteiger partial charge in [0.2, 0.25) is 0 Å². The molecule has 0 unspecified atom stereocenters. The number of primary amides is 1. The minimum absolute atomic E-state index is 0.325. The zero-order valence-corrected chi connectivity index (χ0v) is 19.5. The van der Waals surface area contributed by atoms with E-state index in [-0.39, 0.29) is 0 Å². The number of aromatic nitrogens is 1. The average molecular weight is 449 g/mol. The van der Waals surface area contributed by atoms with Crippen LogP contribution in [-0.2, 0) is 13.0 Å². The van der Waals surface area contributed by atoms with Crippen LogP contribution in [0.3, 0.4) is 0 Å². The summed E-state index contributed by atoms with van der Waals surface area (Å²) in [5, 5.41) is 7.95. The highest BCUT2D eigenvalue weighted by atomic mass is 16.5. The monoisotopic (exact) mass is 448 g/mol. The molecule has 174 valence electrons. The molecule has 0 radical (unpaired) electrons. The van der Waals surface area contributed by atoms with Crippen molar-refractivity contribution in [3.8, 4) is 11.5 Å². The van der Waals surface area contributed by atoms with Crippen molar-refractivity contribution in [2.24, 2.45) is 5.73 Å². The van der Waals surface area contributed by atoms with Crippen molar-refractivity contribution in [3.63, 3.8) is 0 Å². The lowest BCUT2D eigenvalue weighted by Gasteiger charge is -2.20. The van der Waals surface area contributed by atoms with E-state index in [0.29, 0.717) is 34.3 Å². The molecule has 1 saturated carbocycles. The topological polar surface area (TPSA) is 98.5 Å². The minimum Gasteiger partial charge on any atom is -0.493 e. The number of carbonyl (C=O) groups excluding carboxylic acids is 1. The minimum atomic E-state index is -0.543. The second-order valence-electron chi connectivity index (χ2n) is 8.42. The van der Waals surface area contributed by atoms with E-state index in [0.717, 1.165) is 24.0 Å². The highest BCUT2D eigenvalue weighted by Gasteiger charge is 2.19. The van der Waals surface area contributed by atoms with Crippen LogP contribution in [0.1, 0.15) is 54.1 Å². The van der Waals surface area contributed by atoms with Crippen LogP contribution in [-0.4, -0.2) is 31.2 Å². The van der Waals surface area contributed by atoms with E-state index in [1.165, 1.54) is 43.0 Å². The molecule has 7 nitrogen and oxygen atoms in total. The maximum absolute atomic E-state index is 12.3. The molecule has 4 N–H and O–H groups in total. The zero-order valence-electron chi connectivity index (χ0n) is 19.5. The molecule has 1 fully saturated rings. The fraction of sp³-hybridized carbons (Fsp3) is 0.385. The van der Waals surface area contributed by atoms with Crippen LogP contribution < -0.4 is 25.8 Å². The van der Waals surface area contributed by atoms with Gasteiger partial charge in [0.05, 0.1) is 31.0 Å². The fourth-order valence-corrected chi connectivity index (χ4v) is 4.69. The number of carbonyl (C=O) groups is 1. The van der Waals surface area contributed by atoms with Gasteiger partial charge in [0.15, 0.2) is 11.5 Å². The number of nitrogens with two attached hydrogens (primary N) is 1. The molecule has 2 aromatic carbocycles. The zero-order chi connectivity index (χ0) is 23.4. The van der Waals surface area contributed by atoms with Crippen LogP contribution in [0, 0.1) is 0 Å². The van der Waals surface area contributed by atoms with Gasteiger partial charge in [-0.05, 0) is 42.5 Å². The quantitative estimate of drug-likeness (QED) is 0.439. The van der Waals surface area contributed by atoms with Gasteiger partial charge in [-0.25, -0.2) is 0 Å². The molecule has 1 heterocycles. The summed E-state index contributed by atoms with van der Waals surface area (Å²) < 4.78 is 10.9. The number of fused-ring (bicyclic) bond motifs is 1. The number of rotatable bonds is 9. The smallest absolute Gasteiger partial charge is 0.252 e. The molecule has 3 aromatic rings. The number of methoxy groups -OCH3 is 2. The van der Waals surface area contributed by atoms with Crippen LogP contribution >= 0.6 is 0 Å². The van der Waals surface area contributed by atoms with Gasteiger partial charge in [0, 0.05) is 35.9 Å². The Bertz CT molecular complexity index is 1160. The first-order valence-electron chi connectivity index (χ1n) is 11.5. The van der Waals surface area contributed by atoms with Crippen molar-refractivity contribution >= 4 is 28.2 Å². The van der Waals surface area contributed by atoms with Crippen LogP contribution in [0.15, 0.2) is 36.5 Å². The van der Waals surface area contributed by atoms with E-state index >= 15 is 0 Å². The third-order valence-corrected chi connectivity index (χ3v) is 6.46. The summed E-state index contributed by atoms with van der Waals surface area (Å²) in [4.78, 5) is 16.7. The molecular weight excluding hydrogens is 416 g/mol. The predicted molar refractivity (Wildman–Crippen MR) is 132 cm³/mol. The number of benzene rings is 2. The molecular formula is C26H32N4O3. The molecule has 1 aromatic heterocycles. The number of hydrogen-bond donors (Lipinski definition) is 3. The summed E-state index contributed by atoms with van der Waals surface area (Å²) in [6.45, 7) is 2.97. The Morgan fingerprint density at radius 2 is 1.88 bits per heavy atom. The average Bonchev–Trinajstić information content (AvgIpc) is 3.35. The number of amides is 1. The lowest BCUT2D eigenvalue weighted by atomic mass is 10.0.